The third-order valence-corrected chi connectivity index (χ3v) is 13.9. The maximum atomic E-state index is 14.8. The van der Waals surface area contributed by atoms with Gasteiger partial charge in [0.25, 0.3) is 0 Å². The first-order valence-corrected chi connectivity index (χ1v) is 23.1. The number of benzene rings is 4. The van der Waals surface area contributed by atoms with Crippen molar-refractivity contribution in [3.63, 3.8) is 0 Å². The van der Waals surface area contributed by atoms with Crippen LogP contribution >= 0.6 is 0 Å². The lowest BCUT2D eigenvalue weighted by atomic mass is 9.71. The summed E-state index contributed by atoms with van der Waals surface area (Å²) in [4.78, 5) is 43.3. The molecule has 4 heterocycles. The zero-order valence-corrected chi connectivity index (χ0v) is 37.5. The van der Waals surface area contributed by atoms with Gasteiger partial charge >= 0.3 is 17.6 Å². The van der Waals surface area contributed by atoms with E-state index >= 15 is 0 Å². The number of aliphatic hydroxyl groups is 1. The second kappa shape index (κ2) is 19.1. The molecule has 0 spiro atoms. The smallest absolute Gasteiger partial charge is 0.340 e. The van der Waals surface area contributed by atoms with Gasteiger partial charge in [-0.15, -0.1) is 0 Å². The average molecular weight is 851 g/mol. The van der Waals surface area contributed by atoms with Crippen molar-refractivity contribution < 1.29 is 33.3 Å². The van der Waals surface area contributed by atoms with Crippen LogP contribution in [0.5, 0.6) is 5.75 Å². The van der Waals surface area contributed by atoms with Crippen LogP contribution in [0, 0.1) is 11.8 Å². The molecule has 8 nitrogen and oxygen atoms in total. The van der Waals surface area contributed by atoms with Gasteiger partial charge in [0.1, 0.15) is 16.9 Å². The fourth-order valence-electron chi connectivity index (χ4n) is 10.5. The highest BCUT2D eigenvalue weighted by molar-refractivity contribution is 5.90. The summed E-state index contributed by atoms with van der Waals surface area (Å²) in [6.45, 7) is 9.22. The second-order valence-electron chi connectivity index (χ2n) is 18.9. The van der Waals surface area contributed by atoms with Crippen LogP contribution in [0.2, 0.25) is 0 Å². The maximum absolute atomic E-state index is 14.8. The van der Waals surface area contributed by atoms with Crippen molar-refractivity contribution in [3.05, 3.63) is 157 Å². The number of carbonyl (C=O) groups is 2. The van der Waals surface area contributed by atoms with Crippen LogP contribution in [0.3, 0.4) is 0 Å². The van der Waals surface area contributed by atoms with Crippen LogP contribution in [0.1, 0.15) is 143 Å². The van der Waals surface area contributed by atoms with Crippen LogP contribution in [-0.2, 0) is 51.4 Å². The average Bonchev–Trinajstić information content (AvgIpc) is 3.27. The molecule has 4 unspecified atom stereocenters. The maximum Gasteiger partial charge on any atom is 0.340 e. The first kappa shape index (κ1) is 44.1. The normalized spacial score (nSPS) is 22.3. The molecule has 1 saturated carbocycles. The Kier molecular flexibility index (Phi) is 13.4. The third-order valence-electron chi connectivity index (χ3n) is 13.9. The molecule has 0 radical (unpaired) electrons. The number of hydrogen-bond acceptors (Lipinski definition) is 8. The van der Waals surface area contributed by atoms with Gasteiger partial charge in [0.2, 0.25) is 0 Å². The molecule has 1 aromatic heterocycles. The molecule has 1 fully saturated rings. The first-order valence-electron chi connectivity index (χ1n) is 23.1. The topological polar surface area (TPSA) is 112 Å². The molecule has 1 N–H and O–H groups in total. The quantitative estimate of drug-likeness (QED) is 0.0933. The molecule has 5 aromatic rings. The Morgan fingerprint density at radius 3 is 2.22 bits per heavy atom. The van der Waals surface area contributed by atoms with Crippen molar-refractivity contribution in [2.75, 3.05) is 0 Å². The Morgan fingerprint density at radius 2 is 1.51 bits per heavy atom. The summed E-state index contributed by atoms with van der Waals surface area (Å²) in [5.41, 5.74) is 7.07. The van der Waals surface area contributed by atoms with Gasteiger partial charge in [-0.1, -0.05) is 118 Å². The second-order valence-corrected chi connectivity index (χ2v) is 18.9. The summed E-state index contributed by atoms with van der Waals surface area (Å²) in [5.74, 6) is -0.808. The van der Waals surface area contributed by atoms with E-state index in [0.717, 1.165) is 68.1 Å². The van der Waals surface area contributed by atoms with E-state index in [0.29, 0.717) is 52.7 Å². The molecular formula is C55H62O8. The van der Waals surface area contributed by atoms with E-state index in [9.17, 15) is 19.5 Å². The van der Waals surface area contributed by atoms with Gasteiger partial charge in [-0.2, -0.15) is 0 Å². The van der Waals surface area contributed by atoms with Crippen molar-refractivity contribution in [3.8, 4) is 5.75 Å². The molecule has 4 aliphatic rings. The molecule has 9 rings (SSSR count). The fraction of sp³-hybridized carbons (Fsp3) is 0.436. The minimum atomic E-state index is -1.17. The summed E-state index contributed by atoms with van der Waals surface area (Å²) < 4.78 is 26.8. The van der Waals surface area contributed by atoms with Crippen molar-refractivity contribution in [1.82, 2.24) is 0 Å². The van der Waals surface area contributed by atoms with E-state index in [-0.39, 0.29) is 36.4 Å². The minimum absolute atomic E-state index is 0.0125. The van der Waals surface area contributed by atoms with E-state index in [1.54, 1.807) is 0 Å². The summed E-state index contributed by atoms with van der Waals surface area (Å²) in [5, 5.41) is 11.3. The lowest BCUT2D eigenvalue weighted by Gasteiger charge is -2.50. The van der Waals surface area contributed by atoms with E-state index in [1.807, 2.05) is 52.8 Å². The molecule has 4 atom stereocenters. The van der Waals surface area contributed by atoms with Crippen molar-refractivity contribution in [1.29, 1.82) is 0 Å². The molecule has 330 valence electrons. The monoisotopic (exact) mass is 850 g/mol. The number of rotatable bonds is 8. The Balaban J connectivity index is 1.22. The summed E-state index contributed by atoms with van der Waals surface area (Å²) in [6, 6.07) is 31.3. The predicted octanol–water partition coefficient (Wildman–Crippen LogP) is 11.4. The zero-order valence-electron chi connectivity index (χ0n) is 37.5. The minimum Gasteiger partial charge on any atom is -0.483 e. The largest absolute Gasteiger partial charge is 0.483 e. The molecule has 63 heavy (non-hydrogen) atoms. The summed E-state index contributed by atoms with van der Waals surface area (Å²) >= 11 is 0. The highest BCUT2D eigenvalue weighted by atomic mass is 16.6. The fourth-order valence-corrected chi connectivity index (χ4v) is 10.5. The molecule has 1 aliphatic carbocycles. The van der Waals surface area contributed by atoms with Gasteiger partial charge in [-0.25, -0.2) is 9.59 Å². The van der Waals surface area contributed by atoms with Gasteiger partial charge in [-0.05, 0) is 129 Å². The predicted molar refractivity (Wildman–Crippen MR) is 246 cm³/mol. The summed E-state index contributed by atoms with van der Waals surface area (Å²) in [6.07, 6.45) is 6.86. The van der Waals surface area contributed by atoms with Crippen LogP contribution < -0.4 is 10.4 Å². The summed E-state index contributed by atoms with van der Waals surface area (Å²) in [7, 11) is 0. The van der Waals surface area contributed by atoms with Gasteiger partial charge in [0.05, 0.1) is 12.2 Å². The number of allylic oxidation sites excluding steroid dienone is 1. The van der Waals surface area contributed by atoms with Gasteiger partial charge in [0, 0.05) is 28.9 Å². The zero-order chi connectivity index (χ0) is 44.3. The molecule has 4 aromatic carbocycles. The van der Waals surface area contributed by atoms with Crippen molar-refractivity contribution in [2.45, 2.75) is 142 Å². The molecule has 2 bridgehead atoms. The Hall–Kier alpha value is -5.47. The first-order chi connectivity index (χ1) is 30.4. The van der Waals surface area contributed by atoms with E-state index < -0.39 is 35.4 Å². The van der Waals surface area contributed by atoms with Crippen LogP contribution in [0.4, 0.5) is 0 Å². The van der Waals surface area contributed by atoms with Crippen LogP contribution in [0.15, 0.2) is 111 Å². The molecule has 3 aliphatic heterocycles. The number of aryl methyl sites for hydroxylation is 2. The Bertz CT molecular complexity index is 2520. The number of hydrogen-bond donors (Lipinski definition) is 1. The van der Waals surface area contributed by atoms with E-state index in [1.165, 1.54) is 16.7 Å². The Morgan fingerprint density at radius 1 is 0.794 bits per heavy atom. The molecule has 0 amide bonds. The highest BCUT2D eigenvalue weighted by Crippen LogP contribution is 2.52. The standard InChI is InChI=1S/C55H62O8/c1-34(2)43-26-25-36-19-21-39(22-20-36)31-41(24-23-38-15-12-16-40(30-38)29-37-13-8-6-9-14-37)32-47(57)60-51-49-46(28-27-44-45(33-56)48(35(3)4)54(59)61-50(44)49)63-55(5,52(51)62-53(43)58)42-17-10-7-11-18-42/h6,8-9,12-16,19-22,27-28,30,35,41-42,51-52,56H,7,10-11,17-18,23-26,29,31-33H2,1-5H3. The number of ether oxygens (including phenoxy) is 3. The van der Waals surface area contributed by atoms with Gasteiger partial charge < -0.3 is 23.7 Å². The number of aliphatic hydroxyl groups excluding tert-OH is 1. The van der Waals surface area contributed by atoms with Crippen LogP contribution in [-0.4, -0.2) is 28.8 Å². The van der Waals surface area contributed by atoms with Crippen LogP contribution in [0.25, 0.3) is 11.0 Å². The van der Waals surface area contributed by atoms with E-state index in [2.05, 4.69) is 72.8 Å². The molecule has 8 heteroatoms. The highest BCUT2D eigenvalue weighted by Gasteiger charge is 2.56. The van der Waals surface area contributed by atoms with Gasteiger partial charge in [-0.3, -0.25) is 4.79 Å². The molecule has 0 saturated heterocycles. The van der Waals surface area contributed by atoms with Gasteiger partial charge in [0.15, 0.2) is 12.2 Å². The van der Waals surface area contributed by atoms with Crippen molar-refractivity contribution >= 4 is 22.9 Å². The van der Waals surface area contributed by atoms with Crippen molar-refractivity contribution in [2.24, 2.45) is 11.8 Å². The molecular weight excluding hydrogens is 789 g/mol. The third kappa shape index (κ3) is 9.57. The SMILES string of the molecule is CC(C)=C1CCc2ccc(cc2)CC(CCc2cccc(Cc3ccccc3)c2)CC(=O)OC2c3c(ccc4c(CO)c(C(C)C)c(=O)oc34)OC(C)(C3CCCCC3)C2OC1=O. The Labute approximate surface area is 371 Å². The number of carbonyl (C=O) groups excluding carboxylic acids is 2. The lowest BCUT2D eigenvalue weighted by Crippen LogP contribution is -2.58. The number of fused-ring (bicyclic) bond motifs is 13. The lowest BCUT2D eigenvalue weighted by molar-refractivity contribution is -0.201. The van der Waals surface area contributed by atoms with E-state index in [4.69, 9.17) is 18.6 Å². The number of esters is 2.